The summed E-state index contributed by atoms with van der Waals surface area (Å²) in [4.78, 5) is 11.8. The monoisotopic (exact) mass is 411 g/mol. The number of thioether (sulfide) groups is 1. The van der Waals surface area contributed by atoms with Gasteiger partial charge < -0.3 is 5.73 Å². The van der Waals surface area contributed by atoms with E-state index >= 15 is 0 Å². The summed E-state index contributed by atoms with van der Waals surface area (Å²) in [5.74, 6) is -0.907. The molecule has 0 fully saturated rings. The first-order valence-corrected chi connectivity index (χ1v) is 9.50. The normalized spacial score (nSPS) is 12.1. The van der Waals surface area contributed by atoms with Crippen LogP contribution < -0.4 is 5.73 Å². The molecule has 3 rings (SSSR count). The van der Waals surface area contributed by atoms with E-state index in [0.717, 1.165) is 5.69 Å². The van der Waals surface area contributed by atoms with E-state index in [1.54, 1.807) is 28.9 Å². The average Bonchev–Trinajstić information content (AvgIpc) is 2.95. The number of nitrogens with zero attached hydrogens (tertiary/aromatic N) is 2. The van der Waals surface area contributed by atoms with Gasteiger partial charge in [-0.15, -0.1) is 5.10 Å². The summed E-state index contributed by atoms with van der Waals surface area (Å²) in [5, 5.41) is 4.38. The number of carbonyl (C=O) groups is 1. The number of aromatic nitrogens is 2. The van der Waals surface area contributed by atoms with Gasteiger partial charge in [-0.05, 0) is 54.2 Å². The smallest absolute Gasteiger partial charge is 0.235 e. The van der Waals surface area contributed by atoms with Crippen molar-refractivity contribution in [1.29, 1.82) is 0 Å². The lowest BCUT2D eigenvalue weighted by Crippen LogP contribution is -2.18. The second-order valence-electron chi connectivity index (χ2n) is 4.97. The summed E-state index contributed by atoms with van der Waals surface area (Å²) >= 11 is 13.7. The number of nitrogens with two attached hydrogens (primary N) is 1. The minimum atomic E-state index is -0.681. The molecule has 0 aliphatic carbocycles. The Labute approximate surface area is 161 Å². The quantitative estimate of drug-likeness (QED) is 0.485. The Kier molecular flexibility index (Phi) is 5.53. The van der Waals surface area contributed by atoms with Crippen molar-refractivity contribution in [2.75, 3.05) is 0 Å². The maximum Gasteiger partial charge on any atom is 0.235 e. The number of hydrogen-bond acceptors (Lipinski definition) is 5. The molecule has 0 bridgehead atoms. The van der Waals surface area contributed by atoms with E-state index in [9.17, 15) is 9.18 Å². The van der Waals surface area contributed by atoms with Gasteiger partial charge in [0.15, 0.2) is 8.29 Å². The molecule has 0 spiro atoms. The van der Waals surface area contributed by atoms with Gasteiger partial charge in [-0.25, -0.2) is 9.07 Å². The maximum atomic E-state index is 13.1. The van der Waals surface area contributed by atoms with Crippen molar-refractivity contribution in [2.45, 2.75) is 9.59 Å². The van der Waals surface area contributed by atoms with E-state index in [0.29, 0.717) is 18.9 Å². The lowest BCUT2D eigenvalue weighted by molar-refractivity contribution is -0.117. The number of benzene rings is 2. The number of hydrogen-bond donors (Lipinski definition) is 1. The van der Waals surface area contributed by atoms with Crippen LogP contribution >= 0.6 is 46.9 Å². The zero-order chi connectivity index (χ0) is 18.0. The molecule has 0 aliphatic heterocycles. The van der Waals surface area contributed by atoms with Crippen LogP contribution in [0.1, 0.15) is 10.8 Å². The summed E-state index contributed by atoms with van der Waals surface area (Å²) in [7, 11) is 0. The summed E-state index contributed by atoms with van der Waals surface area (Å²) in [6.07, 6.45) is 0. The number of carbonyl (C=O) groups excluding carboxylic acids is 1. The lowest BCUT2D eigenvalue weighted by atomic mass is 10.1. The summed E-state index contributed by atoms with van der Waals surface area (Å²) in [6.45, 7) is 0. The largest absolute Gasteiger partial charge is 0.368 e. The van der Waals surface area contributed by atoms with Crippen molar-refractivity contribution >= 4 is 52.8 Å². The van der Waals surface area contributed by atoms with Crippen molar-refractivity contribution in [1.82, 2.24) is 9.78 Å². The third-order valence-electron chi connectivity index (χ3n) is 3.25. The van der Waals surface area contributed by atoms with E-state index in [1.165, 1.54) is 47.4 Å². The van der Waals surface area contributed by atoms with Gasteiger partial charge in [0.1, 0.15) is 11.1 Å². The third kappa shape index (κ3) is 4.27. The van der Waals surface area contributed by atoms with Crippen LogP contribution in [0.2, 0.25) is 5.02 Å². The minimum Gasteiger partial charge on any atom is -0.368 e. The highest BCUT2D eigenvalue weighted by Crippen LogP contribution is 2.37. The van der Waals surface area contributed by atoms with Gasteiger partial charge in [0.05, 0.1) is 5.69 Å². The molecule has 0 saturated carbocycles. The van der Waals surface area contributed by atoms with Crippen LogP contribution in [0.5, 0.6) is 0 Å². The molecular weight excluding hydrogens is 401 g/mol. The Balaban J connectivity index is 1.90. The molecule has 1 amide bonds. The third-order valence-corrected chi connectivity index (χ3v) is 6.09. The van der Waals surface area contributed by atoms with Gasteiger partial charge in [0.2, 0.25) is 5.91 Å². The molecule has 1 heterocycles. The second-order valence-corrected chi connectivity index (χ2v) is 8.39. The number of amides is 1. The predicted molar refractivity (Wildman–Crippen MR) is 101 cm³/mol. The highest BCUT2D eigenvalue weighted by molar-refractivity contribution is 8.02. The molecule has 0 saturated heterocycles. The summed E-state index contributed by atoms with van der Waals surface area (Å²) < 4.78 is 15.8. The van der Waals surface area contributed by atoms with Crippen LogP contribution in [0.15, 0.2) is 52.9 Å². The fraction of sp³-hybridized carbons (Fsp3) is 0.0625. The molecule has 1 atom stereocenters. The number of rotatable bonds is 5. The van der Waals surface area contributed by atoms with Crippen molar-refractivity contribution in [3.05, 3.63) is 68.9 Å². The topological polar surface area (TPSA) is 60.9 Å². The van der Waals surface area contributed by atoms with Gasteiger partial charge in [-0.2, -0.15) is 0 Å². The predicted octanol–water partition coefficient (Wildman–Crippen LogP) is 4.77. The second kappa shape index (κ2) is 7.65. The van der Waals surface area contributed by atoms with Crippen LogP contribution in [-0.2, 0) is 4.79 Å². The van der Waals surface area contributed by atoms with Gasteiger partial charge in [-0.1, -0.05) is 46.8 Å². The van der Waals surface area contributed by atoms with Crippen LogP contribution in [0.25, 0.3) is 5.69 Å². The van der Waals surface area contributed by atoms with Gasteiger partial charge in [0, 0.05) is 5.02 Å². The van der Waals surface area contributed by atoms with Crippen molar-refractivity contribution in [3.63, 3.8) is 0 Å². The first kappa shape index (κ1) is 18.1. The Morgan fingerprint density at radius 1 is 1.24 bits per heavy atom. The van der Waals surface area contributed by atoms with E-state index in [-0.39, 0.29) is 5.82 Å². The maximum absolute atomic E-state index is 13.1. The van der Waals surface area contributed by atoms with Crippen molar-refractivity contribution in [2.24, 2.45) is 5.73 Å². The van der Waals surface area contributed by atoms with Crippen LogP contribution in [0.4, 0.5) is 4.39 Å². The summed E-state index contributed by atoms with van der Waals surface area (Å²) in [6, 6.07) is 12.8. The highest BCUT2D eigenvalue weighted by Gasteiger charge is 2.22. The molecule has 0 unspecified atom stereocenters. The molecule has 3 aromatic rings. The van der Waals surface area contributed by atoms with Crippen LogP contribution in [0.3, 0.4) is 0 Å². The Morgan fingerprint density at radius 2 is 1.88 bits per heavy atom. The Morgan fingerprint density at radius 3 is 2.48 bits per heavy atom. The Bertz CT molecular complexity index is 954. The zero-order valence-electron chi connectivity index (χ0n) is 12.6. The molecule has 4 nitrogen and oxygen atoms in total. The zero-order valence-corrected chi connectivity index (χ0v) is 15.8. The molecule has 2 aromatic carbocycles. The van der Waals surface area contributed by atoms with Crippen LogP contribution in [0, 0.1) is 9.77 Å². The molecular formula is C16H11ClFN3OS3. The molecule has 128 valence electrons. The van der Waals surface area contributed by atoms with Crippen LogP contribution in [-0.4, -0.2) is 15.7 Å². The molecule has 2 N–H and O–H groups in total. The molecule has 1 aromatic heterocycles. The molecule has 25 heavy (non-hydrogen) atoms. The number of primary amides is 1. The first-order chi connectivity index (χ1) is 11.9. The van der Waals surface area contributed by atoms with E-state index < -0.39 is 11.2 Å². The Hall–Kier alpha value is -1.74. The van der Waals surface area contributed by atoms with Gasteiger partial charge in [-0.3, -0.25) is 4.79 Å². The fourth-order valence-electron chi connectivity index (χ4n) is 2.08. The van der Waals surface area contributed by atoms with E-state index in [2.05, 4.69) is 5.10 Å². The van der Waals surface area contributed by atoms with Gasteiger partial charge >= 0.3 is 0 Å². The molecule has 0 aliphatic rings. The molecule has 9 heteroatoms. The average molecular weight is 412 g/mol. The van der Waals surface area contributed by atoms with Crippen molar-refractivity contribution in [3.8, 4) is 5.69 Å². The number of halogens is 2. The standard InChI is InChI=1S/C16H11ClFN3OS3/c17-10-3-7-12(8-4-10)21-16(23)25-15(20-21)24-13(14(19)22)9-1-5-11(18)6-2-9/h1-8,13H,(H2,19,22)/t13-/m0/s1. The van der Waals surface area contributed by atoms with E-state index in [4.69, 9.17) is 29.6 Å². The van der Waals surface area contributed by atoms with Crippen molar-refractivity contribution < 1.29 is 9.18 Å². The summed E-state index contributed by atoms with van der Waals surface area (Å²) in [5.41, 5.74) is 6.89. The molecule has 0 radical (unpaired) electrons. The fourth-order valence-corrected chi connectivity index (χ4v) is 4.71. The lowest BCUT2D eigenvalue weighted by Gasteiger charge is -2.11. The van der Waals surface area contributed by atoms with Gasteiger partial charge in [0.25, 0.3) is 0 Å². The first-order valence-electron chi connectivity index (χ1n) is 7.01. The highest BCUT2D eigenvalue weighted by atomic mass is 35.5. The SMILES string of the molecule is NC(=O)[C@@H](Sc1nn(-c2ccc(Cl)cc2)c(=S)s1)c1ccc(F)cc1. The van der Waals surface area contributed by atoms with E-state index in [1.807, 2.05) is 0 Å². The minimum absolute atomic E-state index is 0.375.